The SMILES string of the molecule is Fc1cccc(Cn2ccnc2CCl)c1. The molecule has 0 N–H and O–H groups in total. The summed E-state index contributed by atoms with van der Waals surface area (Å²) in [7, 11) is 0. The van der Waals surface area contributed by atoms with Crippen molar-refractivity contribution in [3.05, 3.63) is 53.9 Å². The molecule has 0 spiro atoms. The molecule has 4 heteroatoms. The molecule has 0 fully saturated rings. The Hall–Kier alpha value is -1.35. The fourth-order valence-electron chi connectivity index (χ4n) is 1.45. The second-order valence-electron chi connectivity index (χ2n) is 3.23. The number of benzene rings is 1. The van der Waals surface area contributed by atoms with Crippen molar-refractivity contribution in [1.29, 1.82) is 0 Å². The zero-order chi connectivity index (χ0) is 10.7. The van der Waals surface area contributed by atoms with E-state index >= 15 is 0 Å². The van der Waals surface area contributed by atoms with E-state index in [2.05, 4.69) is 4.98 Å². The van der Waals surface area contributed by atoms with Crippen molar-refractivity contribution in [3.8, 4) is 0 Å². The summed E-state index contributed by atoms with van der Waals surface area (Å²) < 4.78 is 14.8. The molecule has 2 rings (SSSR count). The van der Waals surface area contributed by atoms with E-state index < -0.39 is 0 Å². The van der Waals surface area contributed by atoms with Crippen molar-refractivity contribution in [2.24, 2.45) is 0 Å². The molecular weight excluding hydrogens is 215 g/mol. The number of alkyl halides is 1. The Balaban J connectivity index is 2.22. The predicted molar refractivity (Wildman–Crippen MR) is 57.3 cm³/mol. The quantitative estimate of drug-likeness (QED) is 0.734. The number of rotatable bonds is 3. The van der Waals surface area contributed by atoms with Gasteiger partial charge in [-0.3, -0.25) is 0 Å². The molecule has 0 unspecified atom stereocenters. The van der Waals surface area contributed by atoms with Gasteiger partial charge in [-0.15, -0.1) is 11.6 Å². The van der Waals surface area contributed by atoms with Crippen LogP contribution in [-0.4, -0.2) is 9.55 Å². The Kier molecular flexibility index (Phi) is 3.02. The van der Waals surface area contributed by atoms with Crippen molar-refractivity contribution in [1.82, 2.24) is 9.55 Å². The summed E-state index contributed by atoms with van der Waals surface area (Å²) in [5.41, 5.74) is 0.902. The van der Waals surface area contributed by atoms with E-state index in [0.29, 0.717) is 12.4 Å². The normalized spacial score (nSPS) is 10.5. The molecule has 1 aromatic heterocycles. The molecular formula is C11H10ClFN2. The Morgan fingerprint density at radius 3 is 3.00 bits per heavy atom. The molecule has 1 heterocycles. The number of imidazole rings is 1. The minimum atomic E-state index is -0.222. The van der Waals surface area contributed by atoms with Crippen LogP contribution in [0.15, 0.2) is 36.7 Å². The van der Waals surface area contributed by atoms with E-state index in [9.17, 15) is 4.39 Å². The zero-order valence-corrected chi connectivity index (χ0v) is 8.78. The lowest BCUT2D eigenvalue weighted by molar-refractivity contribution is 0.623. The van der Waals surface area contributed by atoms with Gasteiger partial charge < -0.3 is 4.57 Å². The first kappa shape index (κ1) is 10.2. The van der Waals surface area contributed by atoms with Gasteiger partial charge in [0.1, 0.15) is 11.6 Å². The lowest BCUT2D eigenvalue weighted by Crippen LogP contribution is -2.02. The highest BCUT2D eigenvalue weighted by molar-refractivity contribution is 6.16. The maximum Gasteiger partial charge on any atom is 0.123 e. The first-order valence-electron chi connectivity index (χ1n) is 4.60. The van der Waals surface area contributed by atoms with Crippen LogP contribution in [0.3, 0.4) is 0 Å². The highest BCUT2D eigenvalue weighted by Gasteiger charge is 2.02. The van der Waals surface area contributed by atoms with Crippen LogP contribution in [0.1, 0.15) is 11.4 Å². The summed E-state index contributed by atoms with van der Waals surface area (Å²) in [6, 6.07) is 6.51. The lowest BCUT2D eigenvalue weighted by Gasteiger charge is -2.05. The number of halogens is 2. The largest absolute Gasteiger partial charge is 0.330 e. The average Bonchev–Trinajstić information content (AvgIpc) is 2.65. The van der Waals surface area contributed by atoms with Crippen LogP contribution in [0, 0.1) is 5.82 Å². The number of hydrogen-bond acceptors (Lipinski definition) is 1. The smallest absolute Gasteiger partial charge is 0.123 e. The molecule has 0 radical (unpaired) electrons. The Labute approximate surface area is 92.3 Å². The van der Waals surface area contributed by atoms with Crippen LogP contribution in [0.5, 0.6) is 0 Å². The second-order valence-corrected chi connectivity index (χ2v) is 3.50. The van der Waals surface area contributed by atoms with Crippen LogP contribution in [-0.2, 0) is 12.4 Å². The Morgan fingerprint density at radius 1 is 1.40 bits per heavy atom. The number of aromatic nitrogens is 2. The average molecular weight is 225 g/mol. The van der Waals surface area contributed by atoms with Gasteiger partial charge in [0, 0.05) is 18.9 Å². The van der Waals surface area contributed by atoms with Gasteiger partial charge in [-0.05, 0) is 17.7 Å². The van der Waals surface area contributed by atoms with Crippen LogP contribution >= 0.6 is 11.6 Å². The lowest BCUT2D eigenvalue weighted by atomic mass is 10.2. The Bertz CT molecular complexity index is 453. The molecule has 0 bridgehead atoms. The first-order chi connectivity index (χ1) is 7.29. The van der Waals surface area contributed by atoms with E-state index in [4.69, 9.17) is 11.6 Å². The molecule has 1 aromatic carbocycles. The van der Waals surface area contributed by atoms with Gasteiger partial charge in [-0.2, -0.15) is 0 Å². The topological polar surface area (TPSA) is 17.8 Å². The van der Waals surface area contributed by atoms with E-state index in [1.807, 2.05) is 16.8 Å². The minimum Gasteiger partial charge on any atom is -0.330 e. The zero-order valence-electron chi connectivity index (χ0n) is 8.03. The third-order valence-corrected chi connectivity index (χ3v) is 2.40. The van der Waals surface area contributed by atoms with Gasteiger partial charge in [-0.25, -0.2) is 9.37 Å². The molecule has 0 atom stereocenters. The third kappa shape index (κ3) is 2.36. The maximum absolute atomic E-state index is 12.9. The summed E-state index contributed by atoms with van der Waals surface area (Å²) >= 11 is 5.71. The summed E-state index contributed by atoms with van der Waals surface area (Å²) in [5, 5.41) is 0. The van der Waals surface area contributed by atoms with Gasteiger partial charge in [-0.1, -0.05) is 12.1 Å². The van der Waals surface area contributed by atoms with Crippen LogP contribution in [0.2, 0.25) is 0 Å². The van der Waals surface area contributed by atoms with E-state index in [0.717, 1.165) is 11.4 Å². The molecule has 0 aliphatic carbocycles. The molecule has 2 aromatic rings. The molecule has 0 amide bonds. The first-order valence-corrected chi connectivity index (χ1v) is 5.13. The highest BCUT2D eigenvalue weighted by Crippen LogP contribution is 2.08. The third-order valence-electron chi connectivity index (χ3n) is 2.16. The highest BCUT2D eigenvalue weighted by atomic mass is 35.5. The molecule has 2 nitrogen and oxygen atoms in total. The molecule has 0 saturated carbocycles. The van der Waals surface area contributed by atoms with Crippen LogP contribution in [0.25, 0.3) is 0 Å². The van der Waals surface area contributed by atoms with Gasteiger partial charge in [0.25, 0.3) is 0 Å². The fraction of sp³-hybridized carbons (Fsp3) is 0.182. The minimum absolute atomic E-state index is 0.222. The summed E-state index contributed by atoms with van der Waals surface area (Å²) in [4.78, 5) is 4.09. The van der Waals surface area contributed by atoms with Crippen LogP contribution in [0.4, 0.5) is 4.39 Å². The van der Waals surface area contributed by atoms with E-state index in [1.54, 1.807) is 12.3 Å². The predicted octanol–water partition coefficient (Wildman–Crippen LogP) is 2.81. The molecule has 0 aliphatic heterocycles. The molecule has 78 valence electrons. The summed E-state index contributed by atoms with van der Waals surface area (Å²) in [6.45, 7) is 0.597. The number of hydrogen-bond donors (Lipinski definition) is 0. The van der Waals surface area contributed by atoms with Gasteiger partial charge >= 0.3 is 0 Å². The fourth-order valence-corrected chi connectivity index (χ4v) is 1.67. The standard InChI is InChI=1S/C11H10ClFN2/c12-7-11-14-4-5-15(11)8-9-2-1-3-10(13)6-9/h1-6H,7-8H2. The van der Waals surface area contributed by atoms with Crippen molar-refractivity contribution in [2.75, 3.05) is 0 Å². The van der Waals surface area contributed by atoms with Crippen molar-refractivity contribution < 1.29 is 4.39 Å². The molecule has 0 aliphatic rings. The van der Waals surface area contributed by atoms with Gasteiger partial charge in [0.15, 0.2) is 0 Å². The van der Waals surface area contributed by atoms with Crippen molar-refractivity contribution >= 4 is 11.6 Å². The number of nitrogens with zero attached hydrogens (tertiary/aromatic N) is 2. The van der Waals surface area contributed by atoms with Gasteiger partial charge in [0.2, 0.25) is 0 Å². The summed E-state index contributed by atoms with van der Waals surface area (Å²) in [6.07, 6.45) is 3.53. The van der Waals surface area contributed by atoms with Crippen LogP contribution < -0.4 is 0 Å². The van der Waals surface area contributed by atoms with Crippen molar-refractivity contribution in [2.45, 2.75) is 12.4 Å². The second kappa shape index (κ2) is 4.45. The maximum atomic E-state index is 12.9. The van der Waals surface area contributed by atoms with E-state index in [1.165, 1.54) is 12.1 Å². The molecule has 0 saturated heterocycles. The van der Waals surface area contributed by atoms with Crippen molar-refractivity contribution in [3.63, 3.8) is 0 Å². The van der Waals surface area contributed by atoms with Gasteiger partial charge in [0.05, 0.1) is 5.88 Å². The Morgan fingerprint density at radius 2 is 2.27 bits per heavy atom. The van der Waals surface area contributed by atoms with E-state index in [-0.39, 0.29) is 5.82 Å². The monoisotopic (exact) mass is 224 g/mol. The summed E-state index contributed by atoms with van der Waals surface area (Å²) in [5.74, 6) is 0.934. The molecule has 15 heavy (non-hydrogen) atoms.